The van der Waals surface area contributed by atoms with E-state index in [0.717, 1.165) is 6.42 Å². The van der Waals surface area contributed by atoms with E-state index in [2.05, 4.69) is 0 Å². The number of hydrogen-bond donors (Lipinski definition) is 1. The maximum absolute atomic E-state index is 12.4. The molecule has 0 aliphatic carbocycles. The summed E-state index contributed by atoms with van der Waals surface area (Å²) < 4.78 is 5.73. The Bertz CT molecular complexity index is 554. The Morgan fingerprint density at radius 2 is 2.14 bits per heavy atom. The van der Waals surface area contributed by atoms with E-state index in [1.165, 1.54) is 0 Å². The van der Waals surface area contributed by atoms with Crippen molar-refractivity contribution in [2.75, 3.05) is 11.4 Å². The summed E-state index contributed by atoms with van der Waals surface area (Å²) in [5, 5.41) is 0. The highest BCUT2D eigenvalue weighted by molar-refractivity contribution is 6.04. The number of anilines is 1. The Kier molecular flexibility index (Phi) is 4.63. The molecule has 2 rings (SSSR count). The van der Waals surface area contributed by atoms with Crippen molar-refractivity contribution in [3.8, 4) is 5.75 Å². The van der Waals surface area contributed by atoms with Crippen LogP contribution >= 0.6 is 0 Å². The minimum Gasteiger partial charge on any atom is -0.478 e. The van der Waals surface area contributed by atoms with Gasteiger partial charge in [0.05, 0.1) is 11.7 Å². The highest BCUT2D eigenvalue weighted by Crippen LogP contribution is 2.35. The SMILES string of the molecule is CCCN1C(=O)C(CC)Oc2ccc(C(=O)C(C)N)cc21. The quantitative estimate of drug-likeness (QED) is 0.843. The van der Waals surface area contributed by atoms with Crippen LogP contribution in [0, 0.1) is 0 Å². The first-order chi connectivity index (χ1) is 9.99. The number of carbonyl (C=O) groups is 2. The molecule has 21 heavy (non-hydrogen) atoms. The molecule has 1 aliphatic rings. The lowest BCUT2D eigenvalue weighted by Gasteiger charge is -2.34. The lowest BCUT2D eigenvalue weighted by Crippen LogP contribution is -2.46. The van der Waals surface area contributed by atoms with Gasteiger partial charge in [0.1, 0.15) is 5.75 Å². The lowest BCUT2D eigenvalue weighted by atomic mass is 10.0. The number of ketones is 1. The van der Waals surface area contributed by atoms with Crippen LogP contribution in [0.3, 0.4) is 0 Å². The standard InChI is InChI=1S/C16H22N2O3/c1-4-8-18-12-9-11(15(19)10(3)17)6-7-14(12)21-13(5-2)16(18)20/h6-7,9-10,13H,4-5,8,17H2,1-3H3. The summed E-state index contributed by atoms with van der Waals surface area (Å²) in [6.45, 7) is 6.20. The van der Waals surface area contributed by atoms with E-state index in [1.54, 1.807) is 30.0 Å². The average molecular weight is 290 g/mol. The minimum absolute atomic E-state index is 0.0442. The second-order valence-electron chi connectivity index (χ2n) is 5.34. The topological polar surface area (TPSA) is 72.6 Å². The van der Waals surface area contributed by atoms with Gasteiger partial charge < -0.3 is 15.4 Å². The van der Waals surface area contributed by atoms with E-state index >= 15 is 0 Å². The molecule has 2 N–H and O–H groups in total. The van der Waals surface area contributed by atoms with Gasteiger partial charge in [-0.1, -0.05) is 13.8 Å². The molecule has 0 fully saturated rings. The molecule has 1 amide bonds. The third-order valence-corrected chi connectivity index (χ3v) is 3.58. The monoisotopic (exact) mass is 290 g/mol. The van der Waals surface area contributed by atoms with Gasteiger partial charge in [0.25, 0.3) is 5.91 Å². The van der Waals surface area contributed by atoms with Gasteiger partial charge in [-0.2, -0.15) is 0 Å². The fourth-order valence-electron chi connectivity index (χ4n) is 2.45. The molecule has 5 heteroatoms. The number of rotatable bonds is 5. The van der Waals surface area contributed by atoms with E-state index in [-0.39, 0.29) is 11.7 Å². The van der Waals surface area contributed by atoms with Crippen LogP contribution in [0.5, 0.6) is 5.75 Å². The molecule has 1 aromatic rings. The van der Waals surface area contributed by atoms with Crippen LogP contribution in [0.2, 0.25) is 0 Å². The van der Waals surface area contributed by atoms with Crippen molar-refractivity contribution < 1.29 is 14.3 Å². The van der Waals surface area contributed by atoms with E-state index < -0.39 is 12.1 Å². The molecular formula is C16H22N2O3. The molecule has 0 bridgehead atoms. The Hall–Kier alpha value is -1.88. The van der Waals surface area contributed by atoms with Crippen molar-refractivity contribution >= 4 is 17.4 Å². The van der Waals surface area contributed by atoms with Crippen LogP contribution < -0.4 is 15.4 Å². The molecule has 0 saturated carbocycles. The van der Waals surface area contributed by atoms with Gasteiger partial charge in [-0.05, 0) is 38.0 Å². The number of ether oxygens (including phenoxy) is 1. The molecule has 1 aliphatic heterocycles. The van der Waals surface area contributed by atoms with Crippen LogP contribution in [-0.2, 0) is 4.79 Å². The highest BCUT2D eigenvalue weighted by Gasteiger charge is 2.33. The van der Waals surface area contributed by atoms with Crippen molar-refractivity contribution in [1.82, 2.24) is 0 Å². The van der Waals surface area contributed by atoms with Crippen molar-refractivity contribution in [3.05, 3.63) is 23.8 Å². The average Bonchev–Trinajstić information content (AvgIpc) is 2.48. The molecule has 114 valence electrons. The zero-order valence-corrected chi connectivity index (χ0v) is 12.8. The summed E-state index contributed by atoms with van der Waals surface area (Å²) in [5.74, 6) is 0.465. The first kappa shape index (κ1) is 15.5. The summed E-state index contributed by atoms with van der Waals surface area (Å²) in [5.41, 5.74) is 6.82. The maximum Gasteiger partial charge on any atom is 0.268 e. The van der Waals surface area contributed by atoms with Crippen molar-refractivity contribution in [3.63, 3.8) is 0 Å². The van der Waals surface area contributed by atoms with Crippen LogP contribution in [0.4, 0.5) is 5.69 Å². The molecule has 0 radical (unpaired) electrons. The lowest BCUT2D eigenvalue weighted by molar-refractivity contribution is -0.126. The number of amides is 1. The molecule has 1 aromatic carbocycles. The second-order valence-corrected chi connectivity index (χ2v) is 5.34. The van der Waals surface area contributed by atoms with E-state index in [9.17, 15) is 9.59 Å². The molecule has 2 atom stereocenters. The summed E-state index contributed by atoms with van der Waals surface area (Å²) in [6, 6.07) is 4.60. The van der Waals surface area contributed by atoms with Gasteiger partial charge in [-0.25, -0.2) is 0 Å². The third kappa shape index (κ3) is 2.93. The largest absolute Gasteiger partial charge is 0.478 e. The highest BCUT2D eigenvalue weighted by atomic mass is 16.5. The molecule has 0 aromatic heterocycles. The maximum atomic E-state index is 12.4. The zero-order valence-electron chi connectivity index (χ0n) is 12.8. The molecule has 0 saturated heterocycles. The predicted molar refractivity (Wildman–Crippen MR) is 81.8 cm³/mol. The molecular weight excluding hydrogens is 268 g/mol. The van der Waals surface area contributed by atoms with Crippen LogP contribution in [0.1, 0.15) is 44.0 Å². The Labute approximate surface area is 125 Å². The number of carbonyl (C=O) groups excluding carboxylic acids is 2. The Morgan fingerprint density at radius 1 is 1.43 bits per heavy atom. The number of nitrogens with two attached hydrogens (primary N) is 1. The number of hydrogen-bond acceptors (Lipinski definition) is 4. The fourth-order valence-corrected chi connectivity index (χ4v) is 2.45. The number of fused-ring (bicyclic) bond motifs is 1. The van der Waals surface area contributed by atoms with Crippen LogP contribution in [0.25, 0.3) is 0 Å². The molecule has 1 heterocycles. The zero-order chi connectivity index (χ0) is 15.6. The smallest absolute Gasteiger partial charge is 0.268 e. The van der Waals surface area contributed by atoms with Gasteiger partial charge in [0.15, 0.2) is 11.9 Å². The molecule has 5 nitrogen and oxygen atoms in total. The van der Waals surface area contributed by atoms with Crippen LogP contribution in [-0.4, -0.2) is 30.4 Å². The number of Topliss-reactive ketones (excluding diaryl/α,β-unsaturated/α-hetero) is 1. The Morgan fingerprint density at radius 3 is 2.71 bits per heavy atom. The van der Waals surface area contributed by atoms with Crippen LogP contribution in [0.15, 0.2) is 18.2 Å². The number of benzene rings is 1. The van der Waals surface area contributed by atoms with Gasteiger partial charge in [-0.15, -0.1) is 0 Å². The summed E-state index contributed by atoms with van der Waals surface area (Å²) in [7, 11) is 0. The summed E-state index contributed by atoms with van der Waals surface area (Å²) in [4.78, 5) is 26.2. The van der Waals surface area contributed by atoms with Crippen molar-refractivity contribution in [2.24, 2.45) is 5.73 Å². The number of nitrogens with zero attached hydrogens (tertiary/aromatic N) is 1. The van der Waals surface area contributed by atoms with Crippen molar-refractivity contribution in [1.29, 1.82) is 0 Å². The van der Waals surface area contributed by atoms with Crippen molar-refractivity contribution in [2.45, 2.75) is 45.8 Å². The van der Waals surface area contributed by atoms with Gasteiger partial charge in [-0.3, -0.25) is 9.59 Å². The third-order valence-electron chi connectivity index (χ3n) is 3.58. The van der Waals surface area contributed by atoms with E-state index in [1.807, 2.05) is 13.8 Å². The first-order valence-corrected chi connectivity index (χ1v) is 7.41. The first-order valence-electron chi connectivity index (χ1n) is 7.41. The van der Waals surface area contributed by atoms with Gasteiger partial charge in [0.2, 0.25) is 0 Å². The Balaban J connectivity index is 2.44. The molecule has 0 spiro atoms. The normalized spacial score (nSPS) is 19.0. The summed E-state index contributed by atoms with van der Waals surface area (Å²) in [6.07, 6.45) is 1.02. The summed E-state index contributed by atoms with van der Waals surface area (Å²) >= 11 is 0. The van der Waals surface area contributed by atoms with E-state index in [4.69, 9.17) is 10.5 Å². The van der Waals surface area contributed by atoms with E-state index in [0.29, 0.717) is 30.0 Å². The minimum atomic E-state index is -0.564. The fraction of sp³-hybridized carbons (Fsp3) is 0.500. The second kappa shape index (κ2) is 6.26. The van der Waals surface area contributed by atoms with Gasteiger partial charge >= 0.3 is 0 Å². The predicted octanol–water partition coefficient (Wildman–Crippen LogP) is 2.13. The molecule has 2 unspecified atom stereocenters. The van der Waals surface area contributed by atoms with Gasteiger partial charge in [0, 0.05) is 12.1 Å².